The number of amides is 1. The lowest BCUT2D eigenvalue weighted by atomic mass is 10.0. The van der Waals surface area contributed by atoms with Crippen molar-refractivity contribution in [2.45, 2.75) is 83.1 Å². The molecule has 8 nitrogen and oxygen atoms in total. The molecule has 3 aliphatic rings. The van der Waals surface area contributed by atoms with Gasteiger partial charge in [0.15, 0.2) is 5.82 Å². The van der Waals surface area contributed by atoms with E-state index in [0.29, 0.717) is 37.1 Å². The van der Waals surface area contributed by atoms with Gasteiger partial charge in [-0.1, -0.05) is 0 Å². The molecule has 1 saturated carbocycles. The molecule has 2 aliphatic carbocycles. The van der Waals surface area contributed by atoms with Crippen LogP contribution in [-0.4, -0.2) is 62.6 Å². The van der Waals surface area contributed by atoms with E-state index in [2.05, 4.69) is 15.5 Å². The average molecular weight is 474 g/mol. The lowest BCUT2D eigenvalue weighted by molar-refractivity contribution is -0.132. The first-order valence-electron chi connectivity index (χ1n) is 12.5. The number of aromatic nitrogens is 4. The van der Waals surface area contributed by atoms with Crippen LogP contribution in [0.5, 0.6) is 0 Å². The number of H-pyrrole nitrogens is 1. The summed E-state index contributed by atoms with van der Waals surface area (Å²) in [5.41, 5.74) is 2.82. The third kappa shape index (κ3) is 4.34. The van der Waals surface area contributed by atoms with E-state index in [1.807, 2.05) is 29.7 Å². The molecule has 2 fully saturated rings. The predicted molar refractivity (Wildman–Crippen MR) is 126 cm³/mol. The van der Waals surface area contributed by atoms with E-state index in [9.17, 15) is 13.6 Å². The van der Waals surface area contributed by atoms with Crippen LogP contribution in [0.4, 0.5) is 26.4 Å². The molecule has 2 aromatic heterocycles. The average Bonchev–Trinajstić information content (AvgIpc) is 3.60. The number of alkyl halides is 2. The lowest BCUT2D eigenvalue weighted by Gasteiger charge is -2.29. The van der Waals surface area contributed by atoms with Crippen LogP contribution < -0.4 is 10.2 Å². The number of hydrogen-bond acceptors (Lipinski definition) is 6. The number of rotatable bonds is 7. The molecule has 1 amide bonds. The second kappa shape index (κ2) is 9.11. The number of nitrogens with one attached hydrogen (secondary N) is 2. The predicted octanol–water partition coefficient (Wildman–Crippen LogP) is 4.17. The first-order chi connectivity index (χ1) is 16.4. The first-order valence-corrected chi connectivity index (χ1v) is 12.5. The van der Waals surface area contributed by atoms with Crippen molar-refractivity contribution in [1.29, 1.82) is 0 Å². The molecule has 10 heteroatoms. The highest BCUT2D eigenvalue weighted by Crippen LogP contribution is 2.44. The molecule has 0 bridgehead atoms. The second-order valence-electron chi connectivity index (χ2n) is 9.64. The van der Waals surface area contributed by atoms with Gasteiger partial charge in [-0.05, 0) is 52.4 Å². The van der Waals surface area contributed by atoms with Crippen molar-refractivity contribution in [3.63, 3.8) is 0 Å². The van der Waals surface area contributed by atoms with Crippen LogP contribution >= 0.6 is 0 Å². The zero-order valence-corrected chi connectivity index (χ0v) is 19.9. The van der Waals surface area contributed by atoms with E-state index in [1.54, 1.807) is 0 Å². The number of fused-ring (bicyclic) bond motifs is 1. The number of hydrogen-bond donors (Lipinski definition) is 2. The van der Waals surface area contributed by atoms with Crippen LogP contribution in [0.2, 0.25) is 0 Å². The molecule has 2 N–H and O–H groups in total. The van der Waals surface area contributed by atoms with Crippen molar-refractivity contribution in [3.8, 4) is 0 Å². The Morgan fingerprint density at radius 2 is 2.06 bits per heavy atom. The van der Waals surface area contributed by atoms with Gasteiger partial charge in [0.25, 0.3) is 0 Å². The van der Waals surface area contributed by atoms with Crippen LogP contribution in [0.1, 0.15) is 75.2 Å². The maximum absolute atomic E-state index is 13.7. The van der Waals surface area contributed by atoms with Crippen molar-refractivity contribution in [3.05, 3.63) is 23.0 Å². The molecule has 0 spiro atoms. The Kier molecular flexibility index (Phi) is 6.16. The van der Waals surface area contributed by atoms with Crippen LogP contribution in [-0.2, 0) is 17.6 Å². The van der Waals surface area contributed by atoms with E-state index in [1.165, 1.54) is 0 Å². The molecular formula is C24H33F2N7O. The molecule has 2 aromatic rings. The highest BCUT2D eigenvalue weighted by Gasteiger charge is 2.41. The summed E-state index contributed by atoms with van der Waals surface area (Å²) in [5.74, 6) is -0.819. The lowest BCUT2D eigenvalue weighted by Crippen LogP contribution is -2.46. The van der Waals surface area contributed by atoms with Gasteiger partial charge >= 0.3 is 0 Å². The Labute approximate surface area is 198 Å². The van der Waals surface area contributed by atoms with Crippen molar-refractivity contribution in [2.24, 2.45) is 0 Å². The Morgan fingerprint density at radius 3 is 2.79 bits per heavy atom. The smallest absolute Gasteiger partial charge is 0.248 e. The van der Waals surface area contributed by atoms with E-state index in [0.717, 1.165) is 55.6 Å². The molecule has 2 atom stereocenters. The molecular weight excluding hydrogens is 440 g/mol. The summed E-state index contributed by atoms with van der Waals surface area (Å²) in [4.78, 5) is 26.7. The van der Waals surface area contributed by atoms with Gasteiger partial charge in [-0.25, -0.2) is 13.8 Å². The van der Waals surface area contributed by atoms with Gasteiger partial charge in [0.05, 0.1) is 5.69 Å². The maximum Gasteiger partial charge on any atom is 0.248 e. The van der Waals surface area contributed by atoms with Gasteiger partial charge in [0.2, 0.25) is 17.8 Å². The van der Waals surface area contributed by atoms with Gasteiger partial charge in [0.1, 0.15) is 11.9 Å². The Balaban J connectivity index is 1.39. The minimum atomic E-state index is -2.60. The molecule has 34 heavy (non-hydrogen) atoms. The molecule has 3 heterocycles. The Hall–Kier alpha value is -2.78. The monoisotopic (exact) mass is 473 g/mol. The number of carbonyl (C=O) groups excluding carboxylic acids is 1. The molecule has 0 radical (unpaired) electrons. The Bertz CT molecular complexity index is 1050. The number of carbonyl (C=O) groups is 1. The van der Waals surface area contributed by atoms with Gasteiger partial charge < -0.3 is 15.1 Å². The van der Waals surface area contributed by atoms with Gasteiger partial charge in [-0.3, -0.25) is 9.89 Å². The molecule has 0 aromatic carbocycles. The van der Waals surface area contributed by atoms with Crippen LogP contribution in [0.3, 0.4) is 0 Å². The third-order valence-electron chi connectivity index (χ3n) is 7.48. The van der Waals surface area contributed by atoms with Gasteiger partial charge in [-0.15, -0.1) is 0 Å². The zero-order chi connectivity index (χ0) is 23.9. The molecule has 184 valence electrons. The van der Waals surface area contributed by atoms with E-state index < -0.39 is 5.92 Å². The van der Waals surface area contributed by atoms with Crippen LogP contribution in [0.15, 0.2) is 6.07 Å². The SMILES string of the molecule is CCN(CC)C(=O)[C@@H]1CCCN1c1nc2c(c(Nc3cc([C@H]4CCC(F)(F)C4)[nH]n3)n1)CCC2. The third-order valence-corrected chi connectivity index (χ3v) is 7.48. The normalized spacial score (nSPS) is 23.4. The van der Waals surface area contributed by atoms with E-state index in [4.69, 9.17) is 9.97 Å². The fraction of sp³-hybridized carbons (Fsp3) is 0.667. The van der Waals surface area contributed by atoms with Gasteiger partial charge in [0, 0.05) is 55.7 Å². The maximum atomic E-state index is 13.7. The molecule has 1 saturated heterocycles. The van der Waals surface area contributed by atoms with E-state index in [-0.39, 0.29) is 30.7 Å². The first kappa shape index (κ1) is 23.0. The number of halogens is 2. The summed E-state index contributed by atoms with van der Waals surface area (Å²) in [5, 5.41) is 10.6. The second-order valence-corrected chi connectivity index (χ2v) is 9.64. The minimum absolute atomic E-state index is 0.0779. The minimum Gasteiger partial charge on any atom is -0.341 e. The number of aromatic amines is 1. The largest absolute Gasteiger partial charge is 0.341 e. The van der Waals surface area contributed by atoms with Crippen molar-refractivity contribution < 1.29 is 13.6 Å². The fourth-order valence-corrected chi connectivity index (χ4v) is 5.61. The van der Waals surface area contributed by atoms with Crippen molar-refractivity contribution in [2.75, 3.05) is 29.9 Å². The number of nitrogens with zero attached hydrogens (tertiary/aromatic N) is 5. The highest BCUT2D eigenvalue weighted by atomic mass is 19.3. The fourth-order valence-electron chi connectivity index (χ4n) is 5.61. The highest BCUT2D eigenvalue weighted by molar-refractivity contribution is 5.85. The van der Waals surface area contributed by atoms with Crippen molar-refractivity contribution in [1.82, 2.24) is 25.1 Å². The summed E-state index contributed by atoms with van der Waals surface area (Å²) >= 11 is 0. The topological polar surface area (TPSA) is 90.0 Å². The summed E-state index contributed by atoms with van der Waals surface area (Å²) in [6.07, 6.45) is 4.73. The zero-order valence-electron chi connectivity index (χ0n) is 19.9. The van der Waals surface area contributed by atoms with Crippen LogP contribution in [0.25, 0.3) is 0 Å². The summed E-state index contributed by atoms with van der Waals surface area (Å²) in [7, 11) is 0. The van der Waals surface area contributed by atoms with Crippen molar-refractivity contribution >= 4 is 23.5 Å². The summed E-state index contributed by atoms with van der Waals surface area (Å²) in [6, 6.07) is 1.57. The number of anilines is 3. The van der Waals surface area contributed by atoms with Crippen LogP contribution in [0, 0.1) is 0 Å². The van der Waals surface area contributed by atoms with E-state index >= 15 is 0 Å². The van der Waals surface area contributed by atoms with Gasteiger partial charge in [-0.2, -0.15) is 10.1 Å². The molecule has 0 unspecified atom stereocenters. The Morgan fingerprint density at radius 1 is 1.24 bits per heavy atom. The molecule has 5 rings (SSSR count). The molecule has 1 aliphatic heterocycles. The number of likely N-dealkylation sites (N-methyl/N-ethyl adjacent to an activating group) is 1. The number of aryl methyl sites for hydroxylation is 1. The summed E-state index contributed by atoms with van der Waals surface area (Å²) < 4.78 is 27.3. The standard InChI is InChI=1S/C24H33F2N7O/c1-3-32(4-2)22(34)19-9-6-12-33(19)23-27-17-8-5-7-16(17)21(29-23)28-20-13-18(30-31-20)15-10-11-24(25,26)14-15/h13,15,19H,3-12,14H2,1-2H3,(H2,27,28,29,30,31)/t15-,19-/m0/s1. The summed E-state index contributed by atoms with van der Waals surface area (Å²) in [6.45, 7) is 6.12. The quantitative estimate of drug-likeness (QED) is 0.627.